The van der Waals surface area contributed by atoms with Crippen LogP contribution in [-0.4, -0.2) is 36.1 Å². The van der Waals surface area contributed by atoms with Crippen molar-refractivity contribution in [3.63, 3.8) is 0 Å². The molecule has 3 unspecified atom stereocenters. The van der Waals surface area contributed by atoms with Crippen molar-refractivity contribution in [3.05, 3.63) is 29.5 Å². The molecule has 2 aliphatic rings. The van der Waals surface area contributed by atoms with Gasteiger partial charge >= 0.3 is 0 Å². The Morgan fingerprint density at radius 2 is 2.24 bits per heavy atom. The number of pyridine rings is 1. The van der Waals surface area contributed by atoms with Gasteiger partial charge in [0.1, 0.15) is 5.65 Å². The van der Waals surface area contributed by atoms with Crippen LogP contribution in [0, 0.1) is 0 Å². The van der Waals surface area contributed by atoms with Crippen LogP contribution >= 0.6 is 11.6 Å². The molecule has 0 aliphatic carbocycles. The summed E-state index contributed by atoms with van der Waals surface area (Å²) in [7, 11) is -3.74. The molecule has 1 N–H and O–H groups in total. The molecule has 0 aromatic carbocycles. The number of nitrogens with zero attached hydrogens (tertiary/aromatic N) is 2. The molecule has 6 nitrogen and oxygen atoms in total. The van der Waals surface area contributed by atoms with Gasteiger partial charge in [0.2, 0.25) is 0 Å². The number of nitrogens with one attached hydrogen (secondary N) is 1. The van der Waals surface area contributed by atoms with E-state index in [2.05, 4.69) is 9.71 Å². The average Bonchev–Trinajstić information content (AvgIpc) is 3.09. The molecular formula is C13H14ClN3O3S. The van der Waals surface area contributed by atoms with E-state index in [1.807, 2.05) is 0 Å². The molecule has 2 bridgehead atoms. The van der Waals surface area contributed by atoms with Crippen molar-refractivity contribution < 1.29 is 13.2 Å². The highest BCUT2D eigenvalue weighted by atomic mass is 35.5. The molecule has 3 atom stereocenters. The summed E-state index contributed by atoms with van der Waals surface area (Å²) in [6.45, 7) is 0. The van der Waals surface area contributed by atoms with Crippen LogP contribution in [0.15, 0.2) is 29.4 Å². The normalized spacial score (nSPS) is 28.5. The molecule has 0 radical (unpaired) electrons. The lowest BCUT2D eigenvalue weighted by molar-refractivity contribution is 0.0996. The Hall–Kier alpha value is -1.15. The van der Waals surface area contributed by atoms with Gasteiger partial charge in [-0.1, -0.05) is 17.7 Å². The van der Waals surface area contributed by atoms with Crippen LogP contribution in [0.25, 0.3) is 5.65 Å². The summed E-state index contributed by atoms with van der Waals surface area (Å²) < 4.78 is 35.2. The van der Waals surface area contributed by atoms with Crippen molar-refractivity contribution in [3.8, 4) is 0 Å². The van der Waals surface area contributed by atoms with Crippen LogP contribution in [0.2, 0.25) is 5.15 Å². The minimum absolute atomic E-state index is 0.0115. The number of ether oxygens (including phenoxy) is 1. The van der Waals surface area contributed by atoms with E-state index in [0.717, 1.165) is 19.3 Å². The van der Waals surface area contributed by atoms with Gasteiger partial charge in [-0.15, -0.1) is 0 Å². The topological polar surface area (TPSA) is 72.7 Å². The maximum Gasteiger partial charge on any atom is 0.260 e. The molecule has 112 valence electrons. The first-order chi connectivity index (χ1) is 10.0. The van der Waals surface area contributed by atoms with Gasteiger partial charge in [-0.05, 0) is 31.4 Å². The van der Waals surface area contributed by atoms with Crippen LogP contribution in [-0.2, 0) is 14.8 Å². The van der Waals surface area contributed by atoms with Gasteiger partial charge < -0.3 is 4.74 Å². The summed E-state index contributed by atoms with van der Waals surface area (Å²) in [5.41, 5.74) is 0.507. The summed E-state index contributed by atoms with van der Waals surface area (Å²) in [4.78, 5) is 4.08. The summed E-state index contributed by atoms with van der Waals surface area (Å²) in [5.74, 6) is 0. The molecule has 2 aromatic heterocycles. The quantitative estimate of drug-likeness (QED) is 0.929. The van der Waals surface area contributed by atoms with E-state index in [9.17, 15) is 8.42 Å². The SMILES string of the molecule is O=S(=O)(NC1CC2CCC1O2)c1c(Cl)nc2ccccn12. The Morgan fingerprint density at radius 3 is 2.95 bits per heavy atom. The molecule has 0 amide bonds. The maximum atomic E-state index is 12.6. The van der Waals surface area contributed by atoms with E-state index < -0.39 is 10.0 Å². The zero-order valence-corrected chi connectivity index (χ0v) is 12.6. The van der Waals surface area contributed by atoms with E-state index in [1.54, 1.807) is 24.4 Å². The largest absolute Gasteiger partial charge is 0.373 e. The number of rotatable bonds is 3. The molecule has 0 spiro atoms. The second-order valence-electron chi connectivity index (χ2n) is 5.47. The highest BCUT2D eigenvalue weighted by Crippen LogP contribution is 2.35. The monoisotopic (exact) mass is 327 g/mol. The first-order valence-corrected chi connectivity index (χ1v) is 8.71. The lowest BCUT2D eigenvalue weighted by Crippen LogP contribution is -2.41. The minimum atomic E-state index is -3.74. The molecule has 0 saturated carbocycles. The first kappa shape index (κ1) is 13.5. The Bertz CT molecular complexity index is 804. The number of fused-ring (bicyclic) bond motifs is 3. The minimum Gasteiger partial charge on any atom is -0.373 e. The fraction of sp³-hybridized carbons (Fsp3) is 0.462. The maximum absolute atomic E-state index is 12.6. The zero-order valence-electron chi connectivity index (χ0n) is 11.1. The standard InChI is InChI=1S/C13H14ClN3O3S/c14-12-13(17-6-2-1-3-11(17)15-12)21(18,19)16-9-7-8-4-5-10(9)20-8/h1-3,6,8-10,16H,4-5,7H2. The average molecular weight is 328 g/mol. The highest BCUT2D eigenvalue weighted by molar-refractivity contribution is 7.89. The Labute approximate surface area is 127 Å². The molecule has 2 aromatic rings. The van der Waals surface area contributed by atoms with Crippen LogP contribution in [0.5, 0.6) is 0 Å². The molecule has 8 heteroatoms. The Kier molecular flexibility index (Phi) is 3.01. The molecule has 4 rings (SSSR count). The van der Waals surface area contributed by atoms with E-state index in [1.165, 1.54) is 4.40 Å². The molecule has 2 saturated heterocycles. The van der Waals surface area contributed by atoms with Crippen molar-refractivity contribution in [1.29, 1.82) is 0 Å². The van der Waals surface area contributed by atoms with Gasteiger partial charge in [0.15, 0.2) is 10.2 Å². The molecule has 2 fully saturated rings. The highest BCUT2D eigenvalue weighted by Gasteiger charge is 2.43. The third-order valence-electron chi connectivity index (χ3n) is 4.11. The first-order valence-electron chi connectivity index (χ1n) is 6.85. The Balaban J connectivity index is 1.72. The number of sulfonamides is 1. The summed E-state index contributed by atoms with van der Waals surface area (Å²) >= 11 is 6.03. The number of aromatic nitrogens is 2. The lowest BCUT2D eigenvalue weighted by atomic mass is 9.96. The fourth-order valence-corrected chi connectivity index (χ4v) is 5.12. The Morgan fingerprint density at radius 1 is 1.38 bits per heavy atom. The van der Waals surface area contributed by atoms with Crippen molar-refractivity contribution in [2.75, 3.05) is 0 Å². The molecule has 21 heavy (non-hydrogen) atoms. The third-order valence-corrected chi connectivity index (χ3v) is 6.00. The molecular weight excluding hydrogens is 314 g/mol. The fourth-order valence-electron chi connectivity index (χ4n) is 3.20. The van der Waals surface area contributed by atoms with Crippen LogP contribution in [0.4, 0.5) is 0 Å². The van der Waals surface area contributed by atoms with Gasteiger partial charge in [0.25, 0.3) is 10.0 Å². The van der Waals surface area contributed by atoms with Gasteiger partial charge in [-0.2, -0.15) is 0 Å². The number of imidazole rings is 1. The van der Waals surface area contributed by atoms with E-state index in [-0.39, 0.29) is 28.4 Å². The number of hydrogen-bond acceptors (Lipinski definition) is 4. The van der Waals surface area contributed by atoms with Crippen LogP contribution in [0.3, 0.4) is 0 Å². The van der Waals surface area contributed by atoms with E-state index in [4.69, 9.17) is 16.3 Å². The van der Waals surface area contributed by atoms with Crippen LogP contribution in [0.1, 0.15) is 19.3 Å². The van der Waals surface area contributed by atoms with Crippen molar-refractivity contribution >= 4 is 27.3 Å². The number of hydrogen-bond donors (Lipinski definition) is 1. The zero-order chi connectivity index (χ0) is 14.6. The summed E-state index contributed by atoms with van der Waals surface area (Å²) in [6, 6.07) is 5.06. The second kappa shape index (κ2) is 4.67. The predicted molar refractivity (Wildman–Crippen MR) is 76.8 cm³/mol. The van der Waals surface area contributed by atoms with Crippen LogP contribution < -0.4 is 4.72 Å². The predicted octanol–water partition coefficient (Wildman–Crippen LogP) is 1.59. The van der Waals surface area contributed by atoms with E-state index in [0.29, 0.717) is 5.65 Å². The van der Waals surface area contributed by atoms with Gasteiger partial charge in [-0.25, -0.2) is 18.1 Å². The van der Waals surface area contributed by atoms with Crippen molar-refractivity contribution in [1.82, 2.24) is 14.1 Å². The van der Waals surface area contributed by atoms with E-state index >= 15 is 0 Å². The van der Waals surface area contributed by atoms with Gasteiger partial charge in [-0.3, -0.25) is 4.40 Å². The van der Waals surface area contributed by atoms with Gasteiger partial charge in [0, 0.05) is 6.20 Å². The number of halogens is 1. The second-order valence-corrected chi connectivity index (χ2v) is 7.46. The van der Waals surface area contributed by atoms with Crippen molar-refractivity contribution in [2.24, 2.45) is 0 Å². The molecule has 2 aliphatic heterocycles. The summed E-state index contributed by atoms with van der Waals surface area (Å²) in [6.07, 6.45) is 4.43. The summed E-state index contributed by atoms with van der Waals surface area (Å²) in [5, 5.41) is -0.0275. The lowest BCUT2D eigenvalue weighted by Gasteiger charge is -2.19. The van der Waals surface area contributed by atoms with Crippen molar-refractivity contribution in [2.45, 2.75) is 42.5 Å². The smallest absolute Gasteiger partial charge is 0.260 e. The third kappa shape index (κ3) is 2.15. The molecule has 4 heterocycles. The van der Waals surface area contributed by atoms with Gasteiger partial charge in [0.05, 0.1) is 18.2 Å².